The molecule has 0 radical (unpaired) electrons. The smallest absolute Gasteiger partial charge is 0.409 e. The van der Waals surface area contributed by atoms with Crippen molar-refractivity contribution in [3.63, 3.8) is 0 Å². The molecule has 0 aromatic carbocycles. The topological polar surface area (TPSA) is 83.9 Å². The zero-order valence-corrected chi connectivity index (χ0v) is 7.24. The number of rotatable bonds is 2. The third-order valence-electron chi connectivity index (χ3n) is 1.50. The first kappa shape index (κ1) is 9.27. The molecular formula is C5H9NO5S. The van der Waals surface area contributed by atoms with E-state index >= 15 is 0 Å². The zero-order chi connectivity index (χ0) is 9.35. The van der Waals surface area contributed by atoms with Gasteiger partial charge in [-0.25, -0.2) is 8.98 Å². The molecule has 1 heterocycles. The second kappa shape index (κ2) is 2.91. The summed E-state index contributed by atoms with van der Waals surface area (Å²) in [5.74, 6) is 0. The van der Waals surface area contributed by atoms with Gasteiger partial charge < -0.3 is 5.11 Å². The maximum Gasteiger partial charge on any atom is 0.409 e. The fourth-order valence-corrected chi connectivity index (χ4v) is 1.49. The van der Waals surface area contributed by atoms with E-state index in [4.69, 9.17) is 5.11 Å². The molecule has 0 aromatic rings. The summed E-state index contributed by atoms with van der Waals surface area (Å²) < 4.78 is 25.6. The van der Waals surface area contributed by atoms with Crippen molar-refractivity contribution < 1.29 is 22.5 Å². The van der Waals surface area contributed by atoms with Gasteiger partial charge in [0.1, 0.15) is 0 Å². The Morgan fingerprint density at radius 1 is 1.67 bits per heavy atom. The van der Waals surface area contributed by atoms with Gasteiger partial charge in [-0.05, 0) is 0 Å². The molecule has 1 amide bonds. The van der Waals surface area contributed by atoms with E-state index in [1.807, 2.05) is 0 Å². The Labute approximate surface area is 69.9 Å². The second-order valence-electron chi connectivity index (χ2n) is 2.52. The van der Waals surface area contributed by atoms with E-state index in [1.54, 1.807) is 0 Å². The maximum absolute atomic E-state index is 10.6. The molecule has 0 spiro atoms. The summed E-state index contributed by atoms with van der Waals surface area (Å²) in [6.07, 6.45) is -0.655. The van der Waals surface area contributed by atoms with E-state index in [0.717, 1.165) is 11.2 Å². The molecular weight excluding hydrogens is 186 g/mol. The van der Waals surface area contributed by atoms with Crippen molar-refractivity contribution in [1.82, 2.24) is 4.90 Å². The molecule has 6 nitrogen and oxygen atoms in total. The molecule has 0 saturated carbocycles. The van der Waals surface area contributed by atoms with Crippen LogP contribution in [0.2, 0.25) is 0 Å². The Morgan fingerprint density at radius 3 is 2.50 bits per heavy atom. The third-order valence-corrected chi connectivity index (χ3v) is 2.07. The first-order valence-electron chi connectivity index (χ1n) is 3.28. The monoisotopic (exact) mass is 195 g/mol. The van der Waals surface area contributed by atoms with E-state index in [0.29, 0.717) is 13.0 Å². The van der Waals surface area contributed by atoms with Gasteiger partial charge in [0.2, 0.25) is 0 Å². The van der Waals surface area contributed by atoms with Crippen molar-refractivity contribution in [3.8, 4) is 0 Å². The van der Waals surface area contributed by atoms with Gasteiger partial charge in [-0.3, -0.25) is 4.90 Å². The average molecular weight is 195 g/mol. The van der Waals surface area contributed by atoms with Crippen molar-refractivity contribution in [2.75, 3.05) is 12.8 Å². The van der Waals surface area contributed by atoms with Gasteiger partial charge in [0.05, 0.1) is 6.26 Å². The minimum Gasteiger partial charge on any atom is -0.465 e. The molecule has 1 rings (SSSR count). The molecule has 1 saturated heterocycles. The minimum absolute atomic E-state index is 0.329. The lowest BCUT2D eigenvalue weighted by Gasteiger charge is -2.36. The Kier molecular flexibility index (Phi) is 2.25. The summed E-state index contributed by atoms with van der Waals surface area (Å²) in [6.45, 7) is 0.329. The van der Waals surface area contributed by atoms with Crippen molar-refractivity contribution in [1.29, 1.82) is 0 Å². The van der Waals surface area contributed by atoms with E-state index in [-0.39, 0.29) is 0 Å². The minimum atomic E-state index is -3.56. The van der Waals surface area contributed by atoms with Crippen molar-refractivity contribution in [2.45, 2.75) is 12.6 Å². The Morgan fingerprint density at radius 2 is 2.25 bits per heavy atom. The summed E-state index contributed by atoms with van der Waals surface area (Å²) in [5, 5.41) is 8.45. The van der Waals surface area contributed by atoms with Gasteiger partial charge in [-0.2, -0.15) is 8.42 Å². The van der Waals surface area contributed by atoms with Crippen LogP contribution in [0.15, 0.2) is 0 Å². The van der Waals surface area contributed by atoms with Gasteiger partial charge in [-0.15, -0.1) is 0 Å². The van der Waals surface area contributed by atoms with Gasteiger partial charge in [0, 0.05) is 13.0 Å². The predicted octanol–water partition coefficient (Wildman–Crippen LogP) is -0.328. The fourth-order valence-electron chi connectivity index (χ4n) is 0.884. The van der Waals surface area contributed by atoms with Crippen LogP contribution in [-0.2, 0) is 14.3 Å². The highest BCUT2D eigenvalue weighted by Gasteiger charge is 2.35. The van der Waals surface area contributed by atoms with Crippen molar-refractivity contribution >= 4 is 16.2 Å². The highest BCUT2D eigenvalue weighted by molar-refractivity contribution is 7.86. The second-order valence-corrected chi connectivity index (χ2v) is 4.12. The molecule has 0 aliphatic carbocycles. The van der Waals surface area contributed by atoms with Crippen LogP contribution < -0.4 is 0 Å². The van der Waals surface area contributed by atoms with Crippen LogP contribution in [0.25, 0.3) is 0 Å². The van der Waals surface area contributed by atoms with Crippen LogP contribution in [0.4, 0.5) is 4.79 Å². The Bertz CT molecular complexity index is 284. The van der Waals surface area contributed by atoms with Crippen LogP contribution in [0.1, 0.15) is 6.42 Å². The quantitative estimate of drug-likeness (QED) is 0.610. The van der Waals surface area contributed by atoms with Gasteiger partial charge >= 0.3 is 6.09 Å². The normalized spacial score (nSPS) is 23.4. The molecule has 1 N–H and O–H groups in total. The first-order chi connectivity index (χ1) is 5.40. The highest BCUT2D eigenvalue weighted by Crippen LogP contribution is 2.19. The maximum atomic E-state index is 10.6. The largest absolute Gasteiger partial charge is 0.465 e. The standard InChI is InChI=1S/C5H9NO5S/c1-12(9,10)11-4-2-3-6(4)5(7)8/h4H,2-3H2,1H3,(H,7,8). The number of amides is 1. The predicted molar refractivity (Wildman–Crippen MR) is 39.1 cm³/mol. The van der Waals surface area contributed by atoms with Crippen molar-refractivity contribution in [3.05, 3.63) is 0 Å². The highest BCUT2D eigenvalue weighted by atomic mass is 32.2. The third kappa shape index (κ3) is 2.08. The molecule has 7 heteroatoms. The Hall–Kier alpha value is -0.820. The average Bonchev–Trinajstić information content (AvgIpc) is 1.77. The summed E-state index contributed by atoms with van der Waals surface area (Å²) >= 11 is 0. The van der Waals surface area contributed by atoms with Gasteiger partial charge in [-0.1, -0.05) is 0 Å². The molecule has 0 bridgehead atoms. The van der Waals surface area contributed by atoms with Gasteiger partial charge in [0.25, 0.3) is 10.1 Å². The number of hydrogen-bond acceptors (Lipinski definition) is 4. The van der Waals surface area contributed by atoms with Crippen LogP contribution in [-0.4, -0.2) is 43.5 Å². The van der Waals surface area contributed by atoms with Crippen LogP contribution in [0.5, 0.6) is 0 Å². The van der Waals surface area contributed by atoms with Crippen LogP contribution in [0.3, 0.4) is 0 Å². The number of hydrogen-bond donors (Lipinski definition) is 1. The lowest BCUT2D eigenvalue weighted by Crippen LogP contribution is -2.52. The summed E-state index contributed by atoms with van der Waals surface area (Å²) in [7, 11) is -3.56. The molecule has 12 heavy (non-hydrogen) atoms. The fraction of sp³-hybridized carbons (Fsp3) is 0.800. The first-order valence-corrected chi connectivity index (χ1v) is 5.09. The molecule has 1 fully saturated rings. The number of likely N-dealkylation sites (tertiary alicyclic amines) is 1. The van der Waals surface area contributed by atoms with E-state index in [1.165, 1.54) is 0 Å². The number of nitrogens with zero attached hydrogens (tertiary/aromatic N) is 1. The number of carboxylic acid groups (broad SMARTS) is 1. The van der Waals surface area contributed by atoms with Crippen molar-refractivity contribution in [2.24, 2.45) is 0 Å². The van der Waals surface area contributed by atoms with Crippen LogP contribution >= 0.6 is 0 Å². The van der Waals surface area contributed by atoms with E-state index in [9.17, 15) is 13.2 Å². The Balaban J connectivity index is 2.51. The van der Waals surface area contributed by atoms with E-state index < -0.39 is 22.4 Å². The summed E-state index contributed by atoms with van der Waals surface area (Å²) in [5.41, 5.74) is 0. The summed E-state index contributed by atoms with van der Waals surface area (Å²) in [4.78, 5) is 11.3. The molecule has 1 aliphatic heterocycles. The molecule has 1 aliphatic rings. The lowest BCUT2D eigenvalue weighted by atomic mass is 10.2. The van der Waals surface area contributed by atoms with Crippen LogP contribution in [0, 0.1) is 0 Å². The molecule has 70 valence electrons. The zero-order valence-electron chi connectivity index (χ0n) is 6.43. The summed E-state index contributed by atoms with van der Waals surface area (Å²) in [6, 6.07) is 0. The number of carbonyl (C=O) groups is 1. The van der Waals surface area contributed by atoms with Gasteiger partial charge in [0.15, 0.2) is 6.23 Å². The molecule has 1 atom stereocenters. The van der Waals surface area contributed by atoms with E-state index in [2.05, 4.69) is 4.18 Å². The lowest BCUT2D eigenvalue weighted by molar-refractivity contribution is -0.0325. The molecule has 1 unspecified atom stereocenters. The SMILES string of the molecule is CS(=O)(=O)OC1CCN1C(=O)O. The molecule has 0 aromatic heterocycles.